The summed E-state index contributed by atoms with van der Waals surface area (Å²) in [5.41, 5.74) is 1.29. The third kappa shape index (κ3) is 4.74. The smallest absolute Gasteiger partial charge is 0.185 e. The maximum Gasteiger partial charge on any atom is 0.185 e. The van der Waals surface area contributed by atoms with Crippen LogP contribution in [0.5, 0.6) is 11.5 Å². The Labute approximate surface area is 123 Å². The van der Waals surface area contributed by atoms with Crippen molar-refractivity contribution in [2.24, 2.45) is 0 Å². The molecule has 0 saturated heterocycles. The number of aldehydes is 1. The van der Waals surface area contributed by atoms with Gasteiger partial charge in [0.25, 0.3) is 0 Å². The Kier molecular flexibility index (Phi) is 6.87. The Balaban J connectivity index is 2.89. The van der Waals surface area contributed by atoms with Gasteiger partial charge >= 0.3 is 0 Å². The van der Waals surface area contributed by atoms with Crippen LogP contribution in [0.1, 0.15) is 29.3 Å². The molecule has 0 spiro atoms. The molecule has 1 rings (SSSR count). The van der Waals surface area contributed by atoms with Gasteiger partial charge in [-0.2, -0.15) is 0 Å². The van der Waals surface area contributed by atoms with Crippen molar-refractivity contribution in [3.05, 3.63) is 29.3 Å². The van der Waals surface area contributed by atoms with E-state index < -0.39 is 0 Å². The first kappa shape index (κ1) is 16.3. The number of methoxy groups -OCH3 is 2. The molecule has 0 N–H and O–H groups in total. The van der Waals surface area contributed by atoms with Gasteiger partial charge in [-0.05, 0) is 18.6 Å². The van der Waals surface area contributed by atoms with E-state index in [1.807, 2.05) is 12.2 Å². The Morgan fingerprint density at radius 1 is 1.25 bits per heavy atom. The first-order valence-corrected chi connectivity index (χ1v) is 7.12. The van der Waals surface area contributed by atoms with Crippen LogP contribution in [0.4, 0.5) is 0 Å². The van der Waals surface area contributed by atoms with Crippen LogP contribution < -0.4 is 9.47 Å². The Hall–Kier alpha value is -1.75. The van der Waals surface area contributed by atoms with Crippen LogP contribution in [-0.4, -0.2) is 31.4 Å². The second-order valence-corrected chi connectivity index (χ2v) is 5.26. The molecule has 0 heterocycles. The van der Waals surface area contributed by atoms with Crippen LogP contribution in [0.3, 0.4) is 0 Å². The standard InChI is InChI=1S/C15H18O4S/c1-11(17)20-7-5-4-6-13-14(18-2)8-12(10-16)9-15(13)19-3/h4,6,8-10H,5,7H2,1-3H3. The van der Waals surface area contributed by atoms with Crippen molar-refractivity contribution in [3.63, 3.8) is 0 Å². The quantitative estimate of drug-likeness (QED) is 0.571. The Bertz CT molecular complexity index is 484. The molecule has 0 amide bonds. The number of allylic oxidation sites excluding steroid dienone is 1. The average Bonchev–Trinajstić information content (AvgIpc) is 2.46. The van der Waals surface area contributed by atoms with Gasteiger partial charge in [-0.3, -0.25) is 9.59 Å². The molecule has 4 nitrogen and oxygen atoms in total. The number of carbonyl (C=O) groups excluding carboxylic acids is 2. The van der Waals surface area contributed by atoms with Gasteiger partial charge in [0.15, 0.2) is 5.12 Å². The van der Waals surface area contributed by atoms with E-state index in [-0.39, 0.29) is 5.12 Å². The van der Waals surface area contributed by atoms with Crippen LogP contribution in [-0.2, 0) is 4.79 Å². The fraction of sp³-hybridized carbons (Fsp3) is 0.333. The molecule has 0 aliphatic heterocycles. The molecule has 0 aliphatic carbocycles. The van der Waals surface area contributed by atoms with E-state index >= 15 is 0 Å². The summed E-state index contributed by atoms with van der Waals surface area (Å²) in [6.45, 7) is 1.55. The second kappa shape index (κ2) is 8.43. The van der Waals surface area contributed by atoms with E-state index in [0.717, 1.165) is 24.0 Å². The molecular weight excluding hydrogens is 276 g/mol. The fourth-order valence-electron chi connectivity index (χ4n) is 1.66. The third-order valence-corrected chi connectivity index (χ3v) is 3.42. The molecule has 0 atom stereocenters. The Morgan fingerprint density at radius 2 is 1.85 bits per heavy atom. The molecule has 1 aromatic carbocycles. The highest BCUT2D eigenvalue weighted by molar-refractivity contribution is 8.13. The number of hydrogen-bond acceptors (Lipinski definition) is 5. The summed E-state index contributed by atoms with van der Waals surface area (Å²) in [7, 11) is 3.10. The summed E-state index contributed by atoms with van der Waals surface area (Å²) >= 11 is 1.29. The topological polar surface area (TPSA) is 52.6 Å². The average molecular weight is 294 g/mol. The van der Waals surface area contributed by atoms with E-state index in [1.165, 1.54) is 11.8 Å². The summed E-state index contributed by atoms with van der Waals surface area (Å²) in [4.78, 5) is 21.7. The van der Waals surface area contributed by atoms with Crippen molar-refractivity contribution in [2.75, 3.05) is 20.0 Å². The maximum absolute atomic E-state index is 10.9. The molecule has 0 unspecified atom stereocenters. The lowest BCUT2D eigenvalue weighted by Gasteiger charge is -2.11. The number of rotatable bonds is 7. The zero-order valence-corrected chi connectivity index (χ0v) is 12.7. The monoisotopic (exact) mass is 294 g/mol. The minimum Gasteiger partial charge on any atom is -0.496 e. The molecule has 108 valence electrons. The number of carbonyl (C=O) groups is 2. The van der Waals surface area contributed by atoms with Gasteiger partial charge in [-0.1, -0.05) is 23.9 Å². The van der Waals surface area contributed by atoms with Crippen molar-refractivity contribution < 1.29 is 19.1 Å². The summed E-state index contributed by atoms with van der Waals surface area (Å²) < 4.78 is 10.6. The largest absolute Gasteiger partial charge is 0.496 e. The van der Waals surface area contributed by atoms with Gasteiger partial charge in [0.1, 0.15) is 17.8 Å². The van der Waals surface area contributed by atoms with E-state index in [4.69, 9.17) is 9.47 Å². The van der Waals surface area contributed by atoms with Crippen LogP contribution >= 0.6 is 11.8 Å². The predicted molar refractivity (Wildman–Crippen MR) is 81.7 cm³/mol. The van der Waals surface area contributed by atoms with Crippen LogP contribution in [0, 0.1) is 0 Å². The fourth-order valence-corrected chi connectivity index (χ4v) is 2.20. The highest BCUT2D eigenvalue weighted by atomic mass is 32.2. The van der Waals surface area contributed by atoms with Crippen molar-refractivity contribution >= 4 is 29.2 Å². The van der Waals surface area contributed by atoms with Crippen LogP contribution in [0.25, 0.3) is 6.08 Å². The summed E-state index contributed by atoms with van der Waals surface area (Å²) in [5.74, 6) is 1.91. The van der Waals surface area contributed by atoms with Crippen LogP contribution in [0.15, 0.2) is 18.2 Å². The van der Waals surface area contributed by atoms with E-state index in [2.05, 4.69) is 0 Å². The first-order valence-electron chi connectivity index (χ1n) is 6.13. The van der Waals surface area contributed by atoms with Crippen molar-refractivity contribution in [1.82, 2.24) is 0 Å². The predicted octanol–water partition coefficient (Wildman–Crippen LogP) is 3.20. The molecule has 0 aromatic heterocycles. The van der Waals surface area contributed by atoms with Gasteiger partial charge in [0.2, 0.25) is 0 Å². The number of benzene rings is 1. The molecule has 5 heteroatoms. The minimum atomic E-state index is 0.115. The van der Waals surface area contributed by atoms with Crippen molar-refractivity contribution in [3.8, 4) is 11.5 Å². The summed E-state index contributed by atoms with van der Waals surface area (Å²) in [5, 5.41) is 0.115. The first-order chi connectivity index (χ1) is 9.62. The molecule has 0 saturated carbocycles. The van der Waals surface area contributed by atoms with Gasteiger partial charge in [0, 0.05) is 18.2 Å². The van der Waals surface area contributed by atoms with Crippen molar-refractivity contribution in [1.29, 1.82) is 0 Å². The van der Waals surface area contributed by atoms with Gasteiger partial charge in [0.05, 0.1) is 19.8 Å². The second-order valence-electron chi connectivity index (χ2n) is 3.99. The SMILES string of the molecule is COc1cc(C=O)cc(OC)c1C=CCCSC(C)=O. The molecule has 20 heavy (non-hydrogen) atoms. The molecule has 0 aliphatic rings. The molecule has 0 bridgehead atoms. The maximum atomic E-state index is 10.9. The minimum absolute atomic E-state index is 0.115. The Morgan fingerprint density at radius 3 is 2.30 bits per heavy atom. The van der Waals surface area contributed by atoms with Gasteiger partial charge in [-0.15, -0.1) is 0 Å². The lowest BCUT2D eigenvalue weighted by atomic mass is 10.1. The van der Waals surface area contributed by atoms with Gasteiger partial charge < -0.3 is 9.47 Å². The summed E-state index contributed by atoms with van der Waals surface area (Å²) in [6, 6.07) is 3.33. The van der Waals surface area contributed by atoms with E-state index in [0.29, 0.717) is 17.1 Å². The van der Waals surface area contributed by atoms with E-state index in [1.54, 1.807) is 33.3 Å². The number of hydrogen-bond donors (Lipinski definition) is 0. The number of ether oxygens (including phenoxy) is 2. The van der Waals surface area contributed by atoms with Gasteiger partial charge in [-0.25, -0.2) is 0 Å². The van der Waals surface area contributed by atoms with Crippen LogP contribution in [0.2, 0.25) is 0 Å². The number of thioether (sulfide) groups is 1. The molecule has 0 fully saturated rings. The van der Waals surface area contributed by atoms with E-state index in [9.17, 15) is 9.59 Å². The summed E-state index contributed by atoms with van der Waals surface area (Å²) in [6.07, 6.45) is 5.36. The molecule has 0 radical (unpaired) electrons. The lowest BCUT2D eigenvalue weighted by molar-refractivity contribution is -0.109. The normalized spacial score (nSPS) is 10.6. The zero-order valence-electron chi connectivity index (χ0n) is 11.8. The highest BCUT2D eigenvalue weighted by Gasteiger charge is 2.09. The highest BCUT2D eigenvalue weighted by Crippen LogP contribution is 2.31. The zero-order chi connectivity index (χ0) is 15.0. The third-order valence-electron chi connectivity index (χ3n) is 2.58. The molecular formula is C15H18O4S. The lowest BCUT2D eigenvalue weighted by Crippen LogP contribution is -1.95. The van der Waals surface area contributed by atoms with Crippen molar-refractivity contribution in [2.45, 2.75) is 13.3 Å². The molecule has 1 aromatic rings.